The van der Waals surface area contributed by atoms with E-state index in [0.717, 1.165) is 42.8 Å². The van der Waals surface area contributed by atoms with Crippen molar-refractivity contribution in [1.82, 2.24) is 9.97 Å². The van der Waals surface area contributed by atoms with Crippen molar-refractivity contribution in [3.63, 3.8) is 0 Å². The largest absolute Gasteiger partial charge is 0.390 e. The molecular formula is C19H26N2O2S. The Morgan fingerprint density at radius 1 is 0.833 bits per heavy atom. The third kappa shape index (κ3) is 7.43. The highest BCUT2D eigenvalue weighted by molar-refractivity contribution is 7.99. The maximum absolute atomic E-state index is 10.0. The molecule has 0 saturated heterocycles. The van der Waals surface area contributed by atoms with Crippen LogP contribution in [0.4, 0.5) is 0 Å². The maximum atomic E-state index is 10.0. The number of hydrogen-bond acceptors (Lipinski definition) is 5. The fourth-order valence-electron chi connectivity index (χ4n) is 2.44. The average molecular weight is 346 g/mol. The summed E-state index contributed by atoms with van der Waals surface area (Å²) >= 11 is 1.66. The summed E-state index contributed by atoms with van der Waals surface area (Å²) < 4.78 is 0. The Balaban J connectivity index is 1.52. The first-order valence-corrected chi connectivity index (χ1v) is 9.65. The number of aryl methyl sites for hydroxylation is 2. The lowest BCUT2D eigenvalue weighted by atomic mass is 10.1. The van der Waals surface area contributed by atoms with Gasteiger partial charge in [0.15, 0.2) is 0 Å². The topological polar surface area (TPSA) is 66.2 Å². The molecule has 0 fully saturated rings. The van der Waals surface area contributed by atoms with Gasteiger partial charge in [0, 0.05) is 29.5 Å². The molecule has 130 valence electrons. The highest BCUT2D eigenvalue weighted by Crippen LogP contribution is 2.13. The van der Waals surface area contributed by atoms with Gasteiger partial charge in [-0.2, -0.15) is 11.8 Å². The molecule has 0 unspecified atom stereocenters. The van der Waals surface area contributed by atoms with Crippen molar-refractivity contribution in [2.75, 3.05) is 11.5 Å². The van der Waals surface area contributed by atoms with Crippen LogP contribution >= 0.6 is 11.8 Å². The monoisotopic (exact) mass is 346 g/mol. The second-order valence-corrected chi connectivity index (χ2v) is 7.00. The second kappa shape index (κ2) is 11.2. The van der Waals surface area contributed by atoms with Gasteiger partial charge in [0.2, 0.25) is 0 Å². The van der Waals surface area contributed by atoms with Crippen molar-refractivity contribution in [3.05, 3.63) is 60.2 Å². The van der Waals surface area contributed by atoms with Crippen molar-refractivity contribution < 1.29 is 10.2 Å². The van der Waals surface area contributed by atoms with Crippen LogP contribution in [0.15, 0.2) is 48.8 Å². The molecule has 0 aliphatic rings. The average Bonchev–Trinajstić information content (AvgIpc) is 2.63. The van der Waals surface area contributed by atoms with Crippen molar-refractivity contribution in [3.8, 4) is 0 Å². The molecule has 2 heterocycles. The van der Waals surface area contributed by atoms with Gasteiger partial charge in [-0.1, -0.05) is 18.6 Å². The first kappa shape index (κ1) is 18.9. The molecule has 5 heteroatoms. The van der Waals surface area contributed by atoms with E-state index in [0.29, 0.717) is 12.2 Å². The third-order valence-electron chi connectivity index (χ3n) is 3.87. The standard InChI is InChI=1S/C19H26N2O2S/c22-18(10-2-1-7-16-8-3-5-12-20-16)19(23)15-24-14-11-17-9-4-6-13-21-17/h3-6,8-9,12-13,18-19,22-23H,1-2,7,10-11,14-15H2/t18-,19-/m1/s1. The molecular weight excluding hydrogens is 320 g/mol. The molecule has 2 atom stereocenters. The molecule has 0 bridgehead atoms. The Morgan fingerprint density at radius 2 is 1.50 bits per heavy atom. The highest BCUT2D eigenvalue weighted by Gasteiger charge is 2.15. The smallest absolute Gasteiger partial charge is 0.0889 e. The number of nitrogens with zero attached hydrogens (tertiary/aromatic N) is 2. The first-order valence-electron chi connectivity index (χ1n) is 8.49. The van der Waals surface area contributed by atoms with E-state index >= 15 is 0 Å². The SMILES string of the molecule is O[C@H](CCCCc1ccccn1)[C@H](O)CSCCc1ccccn1. The molecule has 24 heavy (non-hydrogen) atoms. The number of aliphatic hydroxyl groups excluding tert-OH is 2. The number of unbranched alkanes of at least 4 members (excludes halogenated alkanes) is 1. The molecule has 2 aromatic heterocycles. The second-order valence-electron chi connectivity index (χ2n) is 5.85. The van der Waals surface area contributed by atoms with Crippen LogP contribution in [0.25, 0.3) is 0 Å². The molecule has 0 aromatic carbocycles. The molecule has 2 aromatic rings. The summed E-state index contributed by atoms with van der Waals surface area (Å²) in [6.07, 6.45) is 6.61. The summed E-state index contributed by atoms with van der Waals surface area (Å²) in [6, 6.07) is 11.8. The van der Waals surface area contributed by atoms with Crippen LogP contribution in [0.3, 0.4) is 0 Å². The summed E-state index contributed by atoms with van der Waals surface area (Å²) in [5.74, 6) is 1.47. The van der Waals surface area contributed by atoms with Gasteiger partial charge in [0.25, 0.3) is 0 Å². The normalized spacial score (nSPS) is 13.6. The lowest BCUT2D eigenvalue weighted by Gasteiger charge is -2.17. The fraction of sp³-hybridized carbons (Fsp3) is 0.474. The van der Waals surface area contributed by atoms with E-state index in [1.54, 1.807) is 24.2 Å². The minimum atomic E-state index is -0.659. The molecule has 0 amide bonds. The zero-order valence-corrected chi connectivity index (χ0v) is 14.7. The lowest BCUT2D eigenvalue weighted by molar-refractivity contribution is 0.0276. The van der Waals surface area contributed by atoms with Crippen LogP contribution in [0, 0.1) is 0 Å². The van der Waals surface area contributed by atoms with E-state index in [4.69, 9.17) is 0 Å². The van der Waals surface area contributed by atoms with E-state index < -0.39 is 12.2 Å². The van der Waals surface area contributed by atoms with Gasteiger partial charge in [-0.05, 0) is 55.7 Å². The van der Waals surface area contributed by atoms with Gasteiger partial charge in [0.05, 0.1) is 12.2 Å². The Hall–Kier alpha value is -1.43. The Morgan fingerprint density at radius 3 is 2.12 bits per heavy atom. The molecule has 0 aliphatic carbocycles. The van der Waals surface area contributed by atoms with Crippen LogP contribution in [0.1, 0.15) is 30.7 Å². The minimum Gasteiger partial charge on any atom is -0.390 e. The predicted octanol–water partition coefficient (Wildman–Crippen LogP) is 2.89. The molecule has 0 saturated carbocycles. The van der Waals surface area contributed by atoms with Crippen LogP contribution < -0.4 is 0 Å². The molecule has 2 rings (SSSR count). The summed E-state index contributed by atoms with van der Waals surface area (Å²) in [6.45, 7) is 0. The van der Waals surface area contributed by atoms with Crippen LogP contribution in [0.2, 0.25) is 0 Å². The highest BCUT2D eigenvalue weighted by atomic mass is 32.2. The summed E-state index contributed by atoms with van der Waals surface area (Å²) in [7, 11) is 0. The summed E-state index contributed by atoms with van der Waals surface area (Å²) in [5.41, 5.74) is 2.15. The zero-order chi connectivity index (χ0) is 17.0. The Labute approximate surface area is 148 Å². The molecule has 0 spiro atoms. The number of aromatic nitrogens is 2. The van der Waals surface area contributed by atoms with Gasteiger partial charge >= 0.3 is 0 Å². The van der Waals surface area contributed by atoms with E-state index in [2.05, 4.69) is 9.97 Å². The Bertz CT molecular complexity index is 502. The molecule has 0 aliphatic heterocycles. The van der Waals surface area contributed by atoms with E-state index in [-0.39, 0.29) is 0 Å². The number of hydrogen-bond donors (Lipinski definition) is 2. The molecule has 2 N–H and O–H groups in total. The van der Waals surface area contributed by atoms with Gasteiger partial charge < -0.3 is 10.2 Å². The fourth-order valence-corrected chi connectivity index (χ4v) is 3.42. The van der Waals surface area contributed by atoms with Crippen LogP contribution in [-0.4, -0.2) is 43.9 Å². The molecule has 4 nitrogen and oxygen atoms in total. The zero-order valence-electron chi connectivity index (χ0n) is 13.9. The first-order chi connectivity index (χ1) is 11.8. The Kier molecular flexibility index (Phi) is 8.81. The minimum absolute atomic E-state index is 0.564. The van der Waals surface area contributed by atoms with E-state index in [1.807, 2.05) is 36.4 Å². The lowest BCUT2D eigenvalue weighted by Crippen LogP contribution is -2.28. The van der Waals surface area contributed by atoms with Crippen LogP contribution in [-0.2, 0) is 12.8 Å². The quantitative estimate of drug-likeness (QED) is 0.613. The molecule has 0 radical (unpaired) electrons. The van der Waals surface area contributed by atoms with Gasteiger partial charge in [-0.25, -0.2) is 0 Å². The van der Waals surface area contributed by atoms with Crippen molar-refractivity contribution in [2.24, 2.45) is 0 Å². The summed E-state index contributed by atoms with van der Waals surface area (Å²) in [4.78, 5) is 8.56. The van der Waals surface area contributed by atoms with Crippen molar-refractivity contribution in [1.29, 1.82) is 0 Å². The third-order valence-corrected chi connectivity index (χ3v) is 4.94. The number of pyridine rings is 2. The van der Waals surface area contributed by atoms with E-state index in [9.17, 15) is 10.2 Å². The van der Waals surface area contributed by atoms with Gasteiger partial charge in [0.1, 0.15) is 0 Å². The predicted molar refractivity (Wildman–Crippen MR) is 99.1 cm³/mol. The van der Waals surface area contributed by atoms with Crippen molar-refractivity contribution in [2.45, 2.75) is 44.3 Å². The number of rotatable bonds is 11. The van der Waals surface area contributed by atoms with Crippen LogP contribution in [0.5, 0.6) is 0 Å². The summed E-state index contributed by atoms with van der Waals surface area (Å²) in [5, 5.41) is 20.1. The number of thioether (sulfide) groups is 1. The number of aliphatic hydroxyl groups is 2. The van der Waals surface area contributed by atoms with Gasteiger partial charge in [-0.15, -0.1) is 0 Å². The van der Waals surface area contributed by atoms with Crippen molar-refractivity contribution >= 4 is 11.8 Å². The van der Waals surface area contributed by atoms with E-state index in [1.165, 1.54) is 0 Å². The van der Waals surface area contributed by atoms with Gasteiger partial charge in [-0.3, -0.25) is 9.97 Å². The maximum Gasteiger partial charge on any atom is 0.0889 e.